The molecule has 1 unspecified atom stereocenters. The molecule has 0 spiro atoms. The number of thiazole rings is 1. The Morgan fingerprint density at radius 3 is 2.69 bits per heavy atom. The fourth-order valence-electron chi connectivity index (χ4n) is 2.80. The van der Waals surface area contributed by atoms with Crippen LogP contribution in [0.15, 0.2) is 29.6 Å². The number of aliphatic carboxylic acids is 1. The van der Waals surface area contributed by atoms with Gasteiger partial charge in [-0.15, -0.1) is 11.3 Å². The maximum absolute atomic E-state index is 12.8. The quantitative estimate of drug-likeness (QED) is 0.875. The van der Waals surface area contributed by atoms with Crippen LogP contribution in [0.25, 0.3) is 10.6 Å². The number of carboxylic acid groups (broad SMARTS) is 1. The highest BCUT2D eigenvalue weighted by Gasteiger charge is 2.42. The summed E-state index contributed by atoms with van der Waals surface area (Å²) >= 11 is 1.07. The SMILES string of the molecule is CC1(C(=O)O)CCN(C(=O)c2csc(-c3cccc(C(F)(F)F)c3)n2)C1. The van der Waals surface area contributed by atoms with Gasteiger partial charge in [0.15, 0.2) is 0 Å². The molecule has 1 aromatic carbocycles. The third kappa shape index (κ3) is 3.44. The summed E-state index contributed by atoms with van der Waals surface area (Å²) in [5, 5.41) is 11.0. The second-order valence-corrected chi connectivity index (χ2v) is 7.32. The van der Waals surface area contributed by atoms with E-state index in [1.807, 2.05) is 0 Å². The summed E-state index contributed by atoms with van der Waals surface area (Å²) in [6.45, 7) is 1.97. The third-order valence-electron chi connectivity index (χ3n) is 4.44. The van der Waals surface area contributed by atoms with Gasteiger partial charge in [0.1, 0.15) is 10.7 Å². The number of aromatic nitrogens is 1. The number of hydrogen-bond donors (Lipinski definition) is 1. The maximum atomic E-state index is 12.8. The Labute approximate surface area is 151 Å². The first-order valence-corrected chi connectivity index (χ1v) is 8.64. The van der Waals surface area contributed by atoms with E-state index in [0.29, 0.717) is 18.0 Å². The van der Waals surface area contributed by atoms with Crippen LogP contribution in [-0.2, 0) is 11.0 Å². The number of halogens is 3. The summed E-state index contributed by atoms with van der Waals surface area (Å²) < 4.78 is 38.5. The lowest BCUT2D eigenvalue weighted by Gasteiger charge is -2.19. The summed E-state index contributed by atoms with van der Waals surface area (Å²) in [5.74, 6) is -1.37. The molecular weight excluding hydrogens is 369 g/mol. The van der Waals surface area contributed by atoms with Crippen LogP contribution in [0.2, 0.25) is 0 Å². The lowest BCUT2D eigenvalue weighted by atomic mass is 9.90. The third-order valence-corrected chi connectivity index (χ3v) is 5.33. The minimum absolute atomic E-state index is 0.0809. The van der Waals surface area contributed by atoms with E-state index < -0.39 is 29.0 Å². The highest BCUT2D eigenvalue weighted by atomic mass is 32.1. The Hall–Kier alpha value is -2.42. The smallest absolute Gasteiger partial charge is 0.416 e. The van der Waals surface area contributed by atoms with E-state index in [1.54, 1.807) is 6.92 Å². The van der Waals surface area contributed by atoms with Crippen molar-refractivity contribution in [2.24, 2.45) is 5.41 Å². The van der Waals surface area contributed by atoms with Crippen molar-refractivity contribution in [3.8, 4) is 10.6 Å². The number of carboxylic acids is 1. The molecule has 26 heavy (non-hydrogen) atoms. The molecule has 1 fully saturated rings. The fraction of sp³-hybridized carbons (Fsp3) is 0.353. The van der Waals surface area contributed by atoms with Gasteiger partial charge in [0.25, 0.3) is 5.91 Å². The molecule has 3 rings (SSSR count). The summed E-state index contributed by atoms with van der Waals surface area (Å²) in [6.07, 6.45) is -4.11. The predicted octanol–water partition coefficient (Wildman–Crippen LogP) is 3.77. The average Bonchev–Trinajstić information content (AvgIpc) is 3.21. The van der Waals surface area contributed by atoms with Gasteiger partial charge in [-0.1, -0.05) is 12.1 Å². The Morgan fingerprint density at radius 2 is 2.08 bits per heavy atom. The minimum Gasteiger partial charge on any atom is -0.481 e. The van der Waals surface area contributed by atoms with E-state index >= 15 is 0 Å². The van der Waals surface area contributed by atoms with E-state index in [2.05, 4.69) is 4.98 Å². The number of amides is 1. The zero-order chi connectivity index (χ0) is 19.1. The fourth-order valence-corrected chi connectivity index (χ4v) is 3.59. The molecule has 2 aromatic rings. The Balaban J connectivity index is 1.81. The van der Waals surface area contributed by atoms with Gasteiger partial charge in [0.2, 0.25) is 0 Å². The van der Waals surface area contributed by atoms with Gasteiger partial charge >= 0.3 is 12.1 Å². The van der Waals surface area contributed by atoms with Crippen LogP contribution in [0.5, 0.6) is 0 Å². The molecule has 0 saturated carbocycles. The monoisotopic (exact) mass is 384 g/mol. The van der Waals surface area contributed by atoms with Crippen molar-refractivity contribution in [1.29, 1.82) is 0 Å². The lowest BCUT2D eigenvalue weighted by molar-refractivity contribution is -0.147. The first-order chi connectivity index (χ1) is 12.1. The standard InChI is InChI=1S/C17H15F3N2O3S/c1-16(15(24)25)5-6-22(9-16)14(23)12-8-26-13(21-12)10-3-2-4-11(7-10)17(18,19)20/h2-4,7-8H,5-6,9H2,1H3,(H,24,25). The van der Waals surface area contributed by atoms with E-state index in [0.717, 1.165) is 23.5 Å². The number of carbonyl (C=O) groups is 2. The van der Waals surface area contributed by atoms with Crippen LogP contribution in [0.1, 0.15) is 29.4 Å². The Bertz CT molecular complexity index is 865. The van der Waals surface area contributed by atoms with Crippen LogP contribution in [-0.4, -0.2) is 40.0 Å². The molecule has 1 atom stereocenters. The molecule has 9 heteroatoms. The van der Waals surface area contributed by atoms with Crippen LogP contribution in [0.3, 0.4) is 0 Å². The van der Waals surface area contributed by atoms with Crippen LogP contribution < -0.4 is 0 Å². The summed E-state index contributed by atoms with van der Waals surface area (Å²) in [5.41, 5.74) is -1.39. The number of carbonyl (C=O) groups excluding carboxylic acids is 1. The van der Waals surface area contributed by atoms with Crippen LogP contribution in [0.4, 0.5) is 13.2 Å². The van der Waals surface area contributed by atoms with Gasteiger partial charge < -0.3 is 10.0 Å². The van der Waals surface area contributed by atoms with Crippen molar-refractivity contribution in [2.75, 3.05) is 13.1 Å². The van der Waals surface area contributed by atoms with E-state index in [9.17, 15) is 27.9 Å². The molecule has 0 aliphatic carbocycles. The molecule has 2 heterocycles. The highest BCUT2D eigenvalue weighted by molar-refractivity contribution is 7.13. The number of likely N-dealkylation sites (tertiary alicyclic amines) is 1. The number of hydrogen-bond acceptors (Lipinski definition) is 4. The van der Waals surface area contributed by atoms with Gasteiger partial charge in [-0.05, 0) is 25.5 Å². The van der Waals surface area contributed by atoms with E-state index in [1.165, 1.54) is 22.4 Å². The van der Waals surface area contributed by atoms with Crippen LogP contribution in [0, 0.1) is 5.41 Å². The zero-order valence-electron chi connectivity index (χ0n) is 13.7. The molecule has 1 amide bonds. The van der Waals surface area contributed by atoms with Crippen LogP contribution >= 0.6 is 11.3 Å². The summed E-state index contributed by atoms with van der Waals surface area (Å²) in [7, 11) is 0. The Morgan fingerprint density at radius 1 is 1.35 bits per heavy atom. The minimum atomic E-state index is -4.46. The first-order valence-electron chi connectivity index (χ1n) is 7.76. The molecular formula is C17H15F3N2O3S. The topological polar surface area (TPSA) is 70.5 Å². The second kappa shape index (κ2) is 6.39. The molecule has 1 aliphatic rings. The average molecular weight is 384 g/mol. The predicted molar refractivity (Wildman–Crippen MR) is 88.8 cm³/mol. The normalized spacial score (nSPS) is 20.4. The Kier molecular flexibility index (Phi) is 4.51. The lowest BCUT2D eigenvalue weighted by Crippen LogP contribution is -2.35. The van der Waals surface area contributed by atoms with Gasteiger partial charge in [-0.25, -0.2) is 4.98 Å². The largest absolute Gasteiger partial charge is 0.481 e. The number of alkyl halides is 3. The van der Waals surface area contributed by atoms with Crippen molar-refractivity contribution >= 4 is 23.2 Å². The summed E-state index contributed by atoms with van der Waals surface area (Å²) in [6, 6.07) is 4.75. The van der Waals surface area contributed by atoms with Gasteiger partial charge in [-0.2, -0.15) is 13.2 Å². The van der Waals surface area contributed by atoms with Crippen molar-refractivity contribution < 1.29 is 27.9 Å². The molecule has 1 aliphatic heterocycles. The zero-order valence-corrected chi connectivity index (χ0v) is 14.5. The number of benzene rings is 1. The molecule has 1 N–H and O–H groups in total. The van der Waals surface area contributed by atoms with Crippen molar-refractivity contribution in [3.63, 3.8) is 0 Å². The van der Waals surface area contributed by atoms with Crippen molar-refractivity contribution in [1.82, 2.24) is 9.88 Å². The van der Waals surface area contributed by atoms with E-state index in [4.69, 9.17) is 0 Å². The van der Waals surface area contributed by atoms with Crippen molar-refractivity contribution in [3.05, 3.63) is 40.9 Å². The maximum Gasteiger partial charge on any atom is 0.416 e. The molecule has 0 radical (unpaired) electrons. The molecule has 1 aromatic heterocycles. The number of nitrogens with zero attached hydrogens (tertiary/aromatic N) is 2. The van der Waals surface area contributed by atoms with Gasteiger partial charge in [0.05, 0.1) is 11.0 Å². The summed E-state index contributed by atoms with van der Waals surface area (Å²) in [4.78, 5) is 29.4. The van der Waals surface area contributed by atoms with Gasteiger partial charge in [0, 0.05) is 24.0 Å². The first kappa shape index (κ1) is 18.4. The highest BCUT2D eigenvalue weighted by Crippen LogP contribution is 2.34. The molecule has 0 bridgehead atoms. The molecule has 1 saturated heterocycles. The molecule has 5 nitrogen and oxygen atoms in total. The van der Waals surface area contributed by atoms with Crippen molar-refractivity contribution in [2.45, 2.75) is 19.5 Å². The number of rotatable bonds is 3. The molecule has 138 valence electrons. The van der Waals surface area contributed by atoms with Gasteiger partial charge in [-0.3, -0.25) is 9.59 Å². The second-order valence-electron chi connectivity index (χ2n) is 6.46. The van der Waals surface area contributed by atoms with E-state index in [-0.39, 0.29) is 17.8 Å².